The molecule has 0 saturated carbocycles. The molecule has 0 spiro atoms. The molecule has 0 aliphatic carbocycles. The van der Waals surface area contributed by atoms with Crippen molar-refractivity contribution in [3.05, 3.63) is 54.6 Å². The Morgan fingerprint density at radius 2 is 1.85 bits per heavy atom. The molecule has 2 aromatic rings. The van der Waals surface area contributed by atoms with Crippen molar-refractivity contribution < 1.29 is 4.39 Å². The highest BCUT2D eigenvalue weighted by atomic mass is 19.1. The van der Waals surface area contributed by atoms with Crippen molar-refractivity contribution in [3.8, 4) is 11.1 Å². The van der Waals surface area contributed by atoms with Gasteiger partial charge in [-0.1, -0.05) is 12.1 Å². The lowest BCUT2D eigenvalue weighted by molar-refractivity contribution is 0.626. The fraction of sp³-hybridized carbons (Fsp3) is 0. The average Bonchev–Trinajstić information content (AvgIpc) is 2.19. The molecule has 1 aromatic carbocycles. The third-order valence-electron chi connectivity index (χ3n) is 1.78. The average molecular weight is 172 g/mol. The predicted octanol–water partition coefficient (Wildman–Crippen LogP) is 2.69. The molecule has 0 saturated heterocycles. The smallest absolute Gasteiger partial charge is 0.131 e. The largest absolute Gasteiger partial charge is 0.265 e. The van der Waals surface area contributed by atoms with Crippen LogP contribution in [0, 0.1) is 11.9 Å². The summed E-state index contributed by atoms with van der Waals surface area (Å²) in [5.74, 6) is -0.339. The summed E-state index contributed by atoms with van der Waals surface area (Å²) in [4.78, 5) is 3.89. The minimum atomic E-state index is -0.339. The maximum absolute atomic E-state index is 12.8. The molecule has 0 unspecified atom stereocenters. The first-order chi connectivity index (χ1) is 6.36. The molecule has 0 aliphatic rings. The van der Waals surface area contributed by atoms with Gasteiger partial charge in [-0.2, -0.15) is 0 Å². The van der Waals surface area contributed by atoms with E-state index in [0.29, 0.717) is 0 Å². The number of halogens is 1. The molecule has 1 radical (unpaired) electrons. The van der Waals surface area contributed by atoms with Crippen molar-refractivity contribution in [2.45, 2.75) is 0 Å². The quantitative estimate of drug-likeness (QED) is 0.644. The summed E-state index contributed by atoms with van der Waals surface area (Å²) in [5, 5.41) is 0. The van der Waals surface area contributed by atoms with Crippen LogP contribution in [0.25, 0.3) is 11.1 Å². The Bertz CT molecular complexity index is 398. The molecule has 0 aliphatic heterocycles. The third-order valence-corrected chi connectivity index (χ3v) is 1.78. The van der Waals surface area contributed by atoms with Crippen LogP contribution < -0.4 is 0 Å². The Morgan fingerprint density at radius 3 is 2.54 bits per heavy atom. The lowest BCUT2D eigenvalue weighted by Gasteiger charge is -1.99. The molecule has 1 aromatic heterocycles. The van der Waals surface area contributed by atoms with E-state index in [2.05, 4.69) is 11.1 Å². The Hall–Kier alpha value is -1.70. The van der Waals surface area contributed by atoms with Crippen molar-refractivity contribution in [2.75, 3.05) is 0 Å². The number of pyridine rings is 1. The highest BCUT2D eigenvalue weighted by Gasteiger charge is 1.97. The van der Waals surface area contributed by atoms with Gasteiger partial charge in [-0.25, -0.2) is 4.39 Å². The molecular formula is C11H7FN. The van der Waals surface area contributed by atoms with Crippen LogP contribution in [0.3, 0.4) is 0 Å². The lowest BCUT2D eigenvalue weighted by Crippen LogP contribution is -1.80. The van der Waals surface area contributed by atoms with Gasteiger partial charge in [0.25, 0.3) is 0 Å². The summed E-state index contributed by atoms with van der Waals surface area (Å²) >= 11 is 0. The molecule has 0 N–H and O–H groups in total. The number of nitrogens with zero attached hydrogens (tertiary/aromatic N) is 1. The zero-order valence-corrected chi connectivity index (χ0v) is 6.87. The van der Waals surface area contributed by atoms with Crippen LogP contribution in [0.5, 0.6) is 0 Å². The summed E-state index contributed by atoms with van der Waals surface area (Å²) in [6.45, 7) is 0. The van der Waals surface area contributed by atoms with Crippen molar-refractivity contribution in [2.24, 2.45) is 0 Å². The van der Waals surface area contributed by atoms with Crippen molar-refractivity contribution in [1.82, 2.24) is 4.98 Å². The van der Waals surface area contributed by atoms with Gasteiger partial charge in [0, 0.05) is 18.5 Å². The van der Waals surface area contributed by atoms with Crippen LogP contribution in [-0.4, -0.2) is 4.98 Å². The number of benzene rings is 1. The molecular weight excluding hydrogens is 165 g/mol. The van der Waals surface area contributed by atoms with Crippen molar-refractivity contribution >= 4 is 0 Å². The topological polar surface area (TPSA) is 12.9 Å². The van der Waals surface area contributed by atoms with Crippen LogP contribution >= 0.6 is 0 Å². The number of hydrogen-bond acceptors (Lipinski definition) is 1. The molecule has 13 heavy (non-hydrogen) atoms. The second kappa shape index (κ2) is 3.35. The normalized spacial score (nSPS) is 9.92. The van der Waals surface area contributed by atoms with Crippen LogP contribution in [-0.2, 0) is 0 Å². The summed E-state index contributed by atoms with van der Waals surface area (Å²) in [5.41, 5.74) is 1.81. The van der Waals surface area contributed by atoms with E-state index < -0.39 is 0 Å². The zero-order valence-electron chi connectivity index (χ0n) is 6.87. The van der Waals surface area contributed by atoms with Crippen LogP contribution in [0.2, 0.25) is 0 Å². The molecule has 63 valence electrons. The SMILES string of the molecule is Fc1[c]ccc(-c2ccncc2)c1. The number of hydrogen-bond donors (Lipinski definition) is 0. The standard InChI is InChI=1S/C11H7FN/c12-11-3-1-2-10(8-11)9-4-6-13-7-5-9/h1-2,4-8H. The molecule has 2 rings (SSSR count). The van der Waals surface area contributed by atoms with E-state index in [1.54, 1.807) is 18.5 Å². The first kappa shape index (κ1) is 7.92. The summed E-state index contributed by atoms with van der Waals surface area (Å²) in [6, 6.07) is 11.0. The Morgan fingerprint density at radius 1 is 1.08 bits per heavy atom. The first-order valence-electron chi connectivity index (χ1n) is 3.94. The Labute approximate surface area is 75.9 Å². The van der Waals surface area contributed by atoms with E-state index in [1.807, 2.05) is 18.2 Å². The van der Waals surface area contributed by atoms with Crippen LogP contribution in [0.4, 0.5) is 4.39 Å². The maximum atomic E-state index is 12.8. The van der Waals surface area contributed by atoms with Gasteiger partial charge >= 0.3 is 0 Å². The second-order valence-electron chi connectivity index (χ2n) is 2.66. The highest BCUT2D eigenvalue weighted by Crippen LogP contribution is 2.18. The van der Waals surface area contributed by atoms with E-state index in [0.717, 1.165) is 11.1 Å². The number of rotatable bonds is 1. The van der Waals surface area contributed by atoms with E-state index in [4.69, 9.17) is 0 Å². The Balaban J connectivity index is 2.48. The fourth-order valence-corrected chi connectivity index (χ4v) is 1.16. The van der Waals surface area contributed by atoms with Crippen molar-refractivity contribution in [1.29, 1.82) is 0 Å². The van der Waals surface area contributed by atoms with E-state index >= 15 is 0 Å². The predicted molar refractivity (Wildman–Crippen MR) is 48.5 cm³/mol. The molecule has 0 amide bonds. The number of aromatic nitrogens is 1. The minimum Gasteiger partial charge on any atom is -0.265 e. The lowest BCUT2D eigenvalue weighted by atomic mass is 10.1. The summed E-state index contributed by atoms with van der Waals surface area (Å²) in [6.07, 6.45) is 3.37. The minimum absolute atomic E-state index is 0.339. The fourth-order valence-electron chi connectivity index (χ4n) is 1.16. The van der Waals surface area contributed by atoms with E-state index in [9.17, 15) is 4.39 Å². The second-order valence-corrected chi connectivity index (χ2v) is 2.66. The van der Waals surface area contributed by atoms with Gasteiger partial charge in [0.1, 0.15) is 5.82 Å². The van der Waals surface area contributed by atoms with Gasteiger partial charge in [0.2, 0.25) is 0 Å². The first-order valence-corrected chi connectivity index (χ1v) is 3.94. The monoisotopic (exact) mass is 172 g/mol. The maximum Gasteiger partial charge on any atom is 0.131 e. The molecule has 0 fully saturated rings. The van der Waals surface area contributed by atoms with Gasteiger partial charge in [-0.3, -0.25) is 4.98 Å². The third kappa shape index (κ3) is 1.72. The molecule has 0 atom stereocenters. The summed E-state index contributed by atoms with van der Waals surface area (Å²) in [7, 11) is 0. The molecule has 0 bridgehead atoms. The zero-order chi connectivity index (χ0) is 9.10. The Kier molecular flexibility index (Phi) is 2.04. The van der Waals surface area contributed by atoms with Gasteiger partial charge in [-0.15, -0.1) is 0 Å². The summed E-state index contributed by atoms with van der Waals surface area (Å²) < 4.78 is 12.8. The van der Waals surface area contributed by atoms with Crippen molar-refractivity contribution in [3.63, 3.8) is 0 Å². The van der Waals surface area contributed by atoms with Gasteiger partial charge in [-0.05, 0) is 29.3 Å². The van der Waals surface area contributed by atoms with E-state index in [1.165, 1.54) is 6.07 Å². The van der Waals surface area contributed by atoms with Crippen LogP contribution in [0.1, 0.15) is 0 Å². The van der Waals surface area contributed by atoms with Gasteiger partial charge in [0.15, 0.2) is 0 Å². The molecule has 1 nitrogen and oxygen atoms in total. The molecule has 1 heterocycles. The van der Waals surface area contributed by atoms with Gasteiger partial charge in [0.05, 0.1) is 0 Å². The van der Waals surface area contributed by atoms with Gasteiger partial charge < -0.3 is 0 Å². The highest BCUT2D eigenvalue weighted by molar-refractivity contribution is 5.62. The van der Waals surface area contributed by atoms with Crippen LogP contribution in [0.15, 0.2) is 42.7 Å². The molecule has 2 heteroatoms. The van der Waals surface area contributed by atoms with E-state index in [-0.39, 0.29) is 5.82 Å².